The molecule has 0 spiro atoms. The van der Waals surface area contributed by atoms with Crippen LogP contribution in [0.1, 0.15) is 49.0 Å². The molecule has 1 aromatic carbocycles. The van der Waals surface area contributed by atoms with Crippen LogP contribution in [-0.4, -0.2) is 38.3 Å². The van der Waals surface area contributed by atoms with Gasteiger partial charge >= 0.3 is 0 Å². The molecule has 1 aliphatic heterocycles. The van der Waals surface area contributed by atoms with Gasteiger partial charge in [0.15, 0.2) is 5.69 Å². The molecule has 3 unspecified atom stereocenters. The zero-order valence-electron chi connectivity index (χ0n) is 18.2. The fourth-order valence-electron chi connectivity index (χ4n) is 4.91. The molecule has 2 aromatic heterocycles. The molecule has 3 atom stereocenters. The van der Waals surface area contributed by atoms with Crippen molar-refractivity contribution in [3.63, 3.8) is 0 Å². The maximum absolute atomic E-state index is 13.8. The molecule has 2 N–H and O–H groups in total. The van der Waals surface area contributed by atoms with Crippen molar-refractivity contribution >= 4 is 11.6 Å². The third-order valence-corrected chi connectivity index (χ3v) is 6.53. The number of hydrogen-bond donors (Lipinski definition) is 2. The summed E-state index contributed by atoms with van der Waals surface area (Å²) >= 11 is 0. The van der Waals surface area contributed by atoms with Crippen molar-refractivity contribution in [3.05, 3.63) is 70.9 Å². The summed E-state index contributed by atoms with van der Waals surface area (Å²) in [6.07, 6.45) is 8.96. The molecule has 0 bridgehead atoms. The van der Waals surface area contributed by atoms with Crippen molar-refractivity contribution < 1.29 is 14.6 Å². The third-order valence-electron chi connectivity index (χ3n) is 6.53. The van der Waals surface area contributed by atoms with Crippen LogP contribution in [0.15, 0.2) is 59.7 Å². The Labute approximate surface area is 191 Å². The van der Waals surface area contributed by atoms with Gasteiger partial charge in [0, 0.05) is 11.8 Å². The number of aromatic amines is 1. The Hall–Kier alpha value is -3.52. The molecule has 1 amide bonds. The number of pyridine rings is 1. The minimum Gasteiger partial charge on any atom is -0.493 e. The van der Waals surface area contributed by atoms with Crippen LogP contribution < -0.4 is 10.5 Å². The molecule has 1 saturated carbocycles. The van der Waals surface area contributed by atoms with Gasteiger partial charge in [-0.15, -0.1) is 0 Å². The second-order valence-electron chi connectivity index (χ2n) is 8.62. The summed E-state index contributed by atoms with van der Waals surface area (Å²) in [5.41, 5.74) is 0.378. The number of nitrogens with zero attached hydrogens (tertiary/aromatic N) is 3. The first-order valence-electron chi connectivity index (χ1n) is 11.4. The molecule has 8 heteroatoms. The number of rotatable bonds is 4. The summed E-state index contributed by atoms with van der Waals surface area (Å²) in [7, 11) is 0. The minimum atomic E-state index is -0.567. The number of ether oxygens (including phenoxy) is 1. The van der Waals surface area contributed by atoms with Gasteiger partial charge in [-0.2, -0.15) is 0 Å². The fraction of sp³-hybridized carbons (Fsp3) is 0.360. The lowest BCUT2D eigenvalue weighted by atomic mass is 9.81. The second-order valence-corrected chi connectivity index (χ2v) is 8.62. The summed E-state index contributed by atoms with van der Waals surface area (Å²) in [5, 5.41) is 10.5. The molecule has 33 heavy (non-hydrogen) atoms. The van der Waals surface area contributed by atoms with Gasteiger partial charge in [0.25, 0.3) is 11.5 Å². The molecular weight excluding hydrogens is 420 g/mol. The normalized spacial score (nSPS) is 22.4. The Bertz CT molecular complexity index is 1180. The Morgan fingerprint density at radius 2 is 1.88 bits per heavy atom. The zero-order chi connectivity index (χ0) is 22.8. The van der Waals surface area contributed by atoms with Crippen LogP contribution in [0.5, 0.6) is 5.88 Å². The van der Waals surface area contributed by atoms with E-state index in [1.165, 1.54) is 11.3 Å². The largest absolute Gasteiger partial charge is 0.493 e. The molecule has 0 radical (unpaired) electrons. The molecule has 1 aliphatic carbocycles. The molecule has 1 saturated heterocycles. The highest BCUT2D eigenvalue weighted by molar-refractivity contribution is 6.06. The maximum Gasteiger partial charge on any atom is 0.284 e. The third kappa shape index (κ3) is 4.26. The van der Waals surface area contributed by atoms with Crippen LogP contribution in [0.25, 0.3) is 11.3 Å². The Balaban J connectivity index is 1.54. The molecule has 170 valence electrons. The lowest BCUT2D eigenvalue weighted by Crippen LogP contribution is -2.49. The number of H-pyrrole nitrogens is 1. The van der Waals surface area contributed by atoms with E-state index in [4.69, 9.17) is 4.74 Å². The van der Waals surface area contributed by atoms with Crippen LogP contribution in [0.3, 0.4) is 0 Å². The zero-order valence-corrected chi connectivity index (χ0v) is 18.2. The molecular formula is C25H26N4O4. The molecule has 2 fully saturated rings. The fourth-order valence-corrected chi connectivity index (χ4v) is 4.91. The van der Waals surface area contributed by atoms with E-state index in [1.54, 1.807) is 48.8 Å². The lowest BCUT2D eigenvalue weighted by molar-refractivity contribution is -0.0961. The van der Waals surface area contributed by atoms with Gasteiger partial charge in [0.2, 0.25) is 5.88 Å². The summed E-state index contributed by atoms with van der Waals surface area (Å²) in [5.74, 6) is -0.594. The highest BCUT2D eigenvalue weighted by Crippen LogP contribution is 2.38. The first-order chi connectivity index (χ1) is 16.1. The van der Waals surface area contributed by atoms with E-state index in [0.717, 1.165) is 25.7 Å². The van der Waals surface area contributed by atoms with E-state index in [0.29, 0.717) is 23.6 Å². The molecule has 3 aromatic rings. The van der Waals surface area contributed by atoms with Gasteiger partial charge in [-0.1, -0.05) is 43.2 Å². The van der Waals surface area contributed by atoms with Crippen LogP contribution >= 0.6 is 0 Å². The Kier molecular flexibility index (Phi) is 5.92. The number of aromatic hydroxyl groups is 1. The van der Waals surface area contributed by atoms with Crippen LogP contribution in [0.2, 0.25) is 0 Å². The van der Waals surface area contributed by atoms with E-state index < -0.39 is 23.6 Å². The van der Waals surface area contributed by atoms with E-state index >= 15 is 0 Å². The average Bonchev–Trinajstić information content (AvgIpc) is 2.85. The average molecular weight is 447 g/mol. The standard InChI is InChI=1S/C25H26N4O4/c30-23-21(17-8-2-1-3-9-17)27-22(24(31)28-23)25(32)29(18-10-6-14-26-15-18)20-13-12-16-7-4-5-11-19(16)33-20/h1-3,6,8-10,14-16,19-20H,4-5,7,11-13H2,(H2,28,30,31). The molecule has 3 heterocycles. The monoisotopic (exact) mass is 446 g/mol. The van der Waals surface area contributed by atoms with Crippen LogP contribution in [0.4, 0.5) is 5.69 Å². The van der Waals surface area contributed by atoms with Gasteiger partial charge in [0.05, 0.1) is 18.0 Å². The van der Waals surface area contributed by atoms with E-state index in [1.807, 2.05) is 6.07 Å². The predicted octanol–water partition coefficient (Wildman–Crippen LogP) is 3.88. The SMILES string of the molecule is O=C(c1nc(-c2ccccc2)c(=O)[nH]c1O)N(c1cccnc1)C1CCC2CCCCC2O1. The van der Waals surface area contributed by atoms with E-state index in [2.05, 4.69) is 15.0 Å². The number of carbonyl (C=O) groups is 1. The number of aromatic nitrogens is 3. The number of nitrogens with one attached hydrogen (secondary N) is 1. The highest BCUT2D eigenvalue weighted by atomic mass is 16.5. The number of fused-ring (bicyclic) bond motifs is 1. The number of benzene rings is 1. The van der Waals surface area contributed by atoms with E-state index in [-0.39, 0.29) is 17.5 Å². The van der Waals surface area contributed by atoms with Crippen molar-refractivity contribution in [3.8, 4) is 17.1 Å². The minimum absolute atomic E-state index is 0.0693. The summed E-state index contributed by atoms with van der Waals surface area (Å²) in [6.45, 7) is 0. The van der Waals surface area contributed by atoms with Gasteiger partial charge in [-0.05, 0) is 43.7 Å². The molecule has 2 aliphatic rings. The van der Waals surface area contributed by atoms with Crippen LogP contribution in [-0.2, 0) is 4.74 Å². The van der Waals surface area contributed by atoms with Crippen molar-refractivity contribution in [2.24, 2.45) is 5.92 Å². The first kappa shape index (κ1) is 21.3. The second kappa shape index (κ2) is 9.15. The van der Waals surface area contributed by atoms with Gasteiger partial charge in [-0.25, -0.2) is 4.98 Å². The number of amides is 1. The summed E-state index contributed by atoms with van der Waals surface area (Å²) < 4.78 is 6.42. The van der Waals surface area contributed by atoms with Crippen LogP contribution in [0, 0.1) is 5.92 Å². The van der Waals surface area contributed by atoms with Crippen molar-refractivity contribution in [1.29, 1.82) is 0 Å². The van der Waals surface area contributed by atoms with E-state index in [9.17, 15) is 14.7 Å². The van der Waals surface area contributed by atoms with Crippen molar-refractivity contribution in [2.75, 3.05) is 4.90 Å². The quantitative estimate of drug-likeness (QED) is 0.630. The summed E-state index contributed by atoms with van der Waals surface area (Å²) in [4.78, 5) is 38.6. The summed E-state index contributed by atoms with van der Waals surface area (Å²) in [6, 6.07) is 12.4. The topological polar surface area (TPSA) is 108 Å². The molecule has 8 nitrogen and oxygen atoms in total. The van der Waals surface area contributed by atoms with Crippen molar-refractivity contribution in [1.82, 2.24) is 15.0 Å². The van der Waals surface area contributed by atoms with Crippen molar-refractivity contribution in [2.45, 2.75) is 50.9 Å². The van der Waals surface area contributed by atoms with Gasteiger partial charge < -0.3 is 9.84 Å². The smallest absolute Gasteiger partial charge is 0.284 e. The van der Waals surface area contributed by atoms with Gasteiger partial charge in [0.1, 0.15) is 11.9 Å². The van der Waals surface area contributed by atoms with Gasteiger partial charge in [-0.3, -0.25) is 24.5 Å². The molecule has 5 rings (SSSR count). The first-order valence-corrected chi connectivity index (χ1v) is 11.4. The number of carbonyl (C=O) groups excluding carboxylic acids is 1. The highest BCUT2D eigenvalue weighted by Gasteiger charge is 2.39. The number of anilines is 1. The number of hydrogen-bond acceptors (Lipinski definition) is 6. The Morgan fingerprint density at radius 3 is 2.67 bits per heavy atom. The maximum atomic E-state index is 13.8. The Morgan fingerprint density at radius 1 is 1.06 bits per heavy atom. The lowest BCUT2D eigenvalue weighted by Gasteiger charge is -2.43. The predicted molar refractivity (Wildman–Crippen MR) is 123 cm³/mol.